The highest BCUT2D eigenvalue weighted by Crippen LogP contribution is 2.35. The van der Waals surface area contributed by atoms with E-state index in [4.69, 9.17) is 5.73 Å². The van der Waals surface area contributed by atoms with Crippen LogP contribution in [0.1, 0.15) is 22.5 Å². The largest absolute Gasteiger partial charge is 0.336 e. The molecule has 1 saturated carbocycles. The van der Waals surface area contributed by atoms with E-state index < -0.39 is 0 Å². The fourth-order valence-corrected chi connectivity index (χ4v) is 3.65. The van der Waals surface area contributed by atoms with Crippen molar-refractivity contribution in [3.05, 3.63) is 35.0 Å². The monoisotopic (exact) mass is 292 g/mol. The zero-order chi connectivity index (χ0) is 14.3. The molecule has 0 radical (unpaired) electrons. The zero-order valence-electron chi connectivity index (χ0n) is 11.3. The number of nitrogens with two attached hydrogens (primary N) is 1. The number of hydrogen-bond acceptors (Lipinski definition) is 3. The van der Waals surface area contributed by atoms with Gasteiger partial charge in [-0.2, -0.15) is 0 Å². The maximum Gasteiger partial charge on any atom is 0.264 e. The SMILES string of the molecule is CN(C(=O)c1cc2ccc(F)cc2s1)C(CN)C1CC1. The van der Waals surface area contributed by atoms with E-state index in [0.29, 0.717) is 17.3 Å². The van der Waals surface area contributed by atoms with Gasteiger partial charge in [0, 0.05) is 24.3 Å². The highest BCUT2D eigenvalue weighted by atomic mass is 32.1. The van der Waals surface area contributed by atoms with Gasteiger partial charge in [-0.3, -0.25) is 4.79 Å². The Bertz CT molecular complexity index is 650. The molecular formula is C15H17FN2OS. The molecule has 1 fully saturated rings. The summed E-state index contributed by atoms with van der Waals surface area (Å²) in [7, 11) is 1.81. The number of thiophene rings is 1. The quantitative estimate of drug-likeness (QED) is 0.942. The van der Waals surface area contributed by atoms with Crippen molar-refractivity contribution in [2.45, 2.75) is 18.9 Å². The number of rotatable bonds is 4. The van der Waals surface area contributed by atoms with Crippen LogP contribution in [0.15, 0.2) is 24.3 Å². The van der Waals surface area contributed by atoms with Crippen LogP contribution in [-0.4, -0.2) is 30.4 Å². The van der Waals surface area contributed by atoms with Gasteiger partial charge in [-0.1, -0.05) is 6.07 Å². The molecule has 1 amide bonds. The minimum Gasteiger partial charge on any atom is -0.336 e. The molecule has 5 heteroatoms. The number of likely N-dealkylation sites (N-methyl/N-ethyl adjacent to an activating group) is 1. The Kier molecular flexibility index (Phi) is 3.48. The van der Waals surface area contributed by atoms with Crippen LogP contribution in [0.2, 0.25) is 0 Å². The summed E-state index contributed by atoms with van der Waals surface area (Å²) in [5.41, 5.74) is 5.79. The first kappa shape index (κ1) is 13.5. The molecule has 3 rings (SSSR count). The van der Waals surface area contributed by atoms with Crippen molar-refractivity contribution in [1.82, 2.24) is 4.90 Å². The van der Waals surface area contributed by atoms with Gasteiger partial charge in [-0.05, 0) is 42.3 Å². The highest BCUT2D eigenvalue weighted by Gasteiger charge is 2.35. The maximum absolute atomic E-state index is 13.2. The van der Waals surface area contributed by atoms with E-state index in [1.807, 2.05) is 13.1 Å². The molecular weight excluding hydrogens is 275 g/mol. The van der Waals surface area contributed by atoms with Crippen LogP contribution in [0.3, 0.4) is 0 Å². The average Bonchev–Trinajstić information content (AvgIpc) is 3.17. The van der Waals surface area contributed by atoms with E-state index in [0.717, 1.165) is 22.9 Å². The lowest BCUT2D eigenvalue weighted by atomic mass is 10.1. The molecule has 1 atom stereocenters. The first-order valence-corrected chi connectivity index (χ1v) is 7.58. The lowest BCUT2D eigenvalue weighted by Crippen LogP contribution is -2.43. The lowest BCUT2D eigenvalue weighted by molar-refractivity contribution is 0.0723. The van der Waals surface area contributed by atoms with E-state index in [-0.39, 0.29) is 17.8 Å². The summed E-state index contributed by atoms with van der Waals surface area (Å²) < 4.78 is 14.0. The molecule has 0 saturated heterocycles. The van der Waals surface area contributed by atoms with Gasteiger partial charge in [-0.25, -0.2) is 4.39 Å². The van der Waals surface area contributed by atoms with Gasteiger partial charge in [0.15, 0.2) is 0 Å². The zero-order valence-corrected chi connectivity index (χ0v) is 12.1. The van der Waals surface area contributed by atoms with Gasteiger partial charge in [0.05, 0.1) is 4.88 Å². The Morgan fingerprint density at radius 2 is 2.25 bits per heavy atom. The Balaban J connectivity index is 1.87. The molecule has 0 bridgehead atoms. The van der Waals surface area contributed by atoms with Gasteiger partial charge < -0.3 is 10.6 Å². The molecule has 2 aromatic rings. The second-order valence-electron chi connectivity index (χ2n) is 5.35. The Labute approximate surface area is 121 Å². The van der Waals surface area contributed by atoms with Gasteiger partial charge >= 0.3 is 0 Å². The molecule has 3 nitrogen and oxygen atoms in total. The fourth-order valence-electron chi connectivity index (χ4n) is 2.58. The normalized spacial score (nSPS) is 16.4. The molecule has 0 spiro atoms. The Hall–Kier alpha value is -1.46. The highest BCUT2D eigenvalue weighted by molar-refractivity contribution is 7.20. The third-order valence-corrected chi connectivity index (χ3v) is 5.00. The predicted molar refractivity (Wildman–Crippen MR) is 79.4 cm³/mol. The molecule has 1 aromatic carbocycles. The van der Waals surface area contributed by atoms with Crippen LogP contribution in [0.5, 0.6) is 0 Å². The molecule has 2 N–H and O–H groups in total. The van der Waals surface area contributed by atoms with Crippen LogP contribution < -0.4 is 5.73 Å². The Morgan fingerprint density at radius 1 is 1.50 bits per heavy atom. The summed E-state index contributed by atoms with van der Waals surface area (Å²) in [5, 5.41) is 0.906. The summed E-state index contributed by atoms with van der Waals surface area (Å²) >= 11 is 1.34. The summed E-state index contributed by atoms with van der Waals surface area (Å²) in [5.74, 6) is 0.249. The summed E-state index contributed by atoms with van der Waals surface area (Å²) in [6.07, 6.45) is 2.30. The van der Waals surface area contributed by atoms with Gasteiger partial charge in [-0.15, -0.1) is 11.3 Å². The Morgan fingerprint density at radius 3 is 2.90 bits per heavy atom. The second kappa shape index (κ2) is 5.14. The van der Waals surface area contributed by atoms with E-state index >= 15 is 0 Å². The molecule has 1 aliphatic rings. The third-order valence-electron chi connectivity index (χ3n) is 3.92. The minimum absolute atomic E-state index is 0.0195. The third kappa shape index (κ3) is 2.43. The number of carbonyl (C=O) groups excluding carboxylic acids is 1. The van der Waals surface area contributed by atoms with Crippen LogP contribution in [0.4, 0.5) is 4.39 Å². The van der Waals surface area contributed by atoms with E-state index in [1.54, 1.807) is 11.0 Å². The van der Waals surface area contributed by atoms with Gasteiger partial charge in [0.2, 0.25) is 0 Å². The van der Waals surface area contributed by atoms with Crippen molar-refractivity contribution in [2.24, 2.45) is 11.7 Å². The number of amides is 1. The first-order valence-electron chi connectivity index (χ1n) is 6.76. The van der Waals surface area contributed by atoms with E-state index in [2.05, 4.69) is 0 Å². The number of halogens is 1. The summed E-state index contributed by atoms with van der Waals surface area (Å²) in [6.45, 7) is 0.492. The van der Waals surface area contributed by atoms with Gasteiger partial charge in [0.1, 0.15) is 5.82 Å². The number of fused-ring (bicyclic) bond motifs is 1. The topological polar surface area (TPSA) is 46.3 Å². The number of carbonyl (C=O) groups is 1. The summed E-state index contributed by atoms with van der Waals surface area (Å²) in [6, 6.07) is 6.54. The smallest absolute Gasteiger partial charge is 0.264 e. The number of nitrogens with zero attached hydrogens (tertiary/aromatic N) is 1. The average molecular weight is 292 g/mol. The van der Waals surface area contributed by atoms with E-state index in [9.17, 15) is 9.18 Å². The van der Waals surface area contributed by atoms with Crippen molar-refractivity contribution in [3.63, 3.8) is 0 Å². The molecule has 1 unspecified atom stereocenters. The van der Waals surface area contributed by atoms with Crippen LogP contribution >= 0.6 is 11.3 Å². The van der Waals surface area contributed by atoms with E-state index in [1.165, 1.54) is 23.5 Å². The molecule has 1 heterocycles. The van der Waals surface area contributed by atoms with Crippen LogP contribution in [0, 0.1) is 11.7 Å². The maximum atomic E-state index is 13.2. The van der Waals surface area contributed by atoms with Crippen molar-refractivity contribution >= 4 is 27.3 Å². The van der Waals surface area contributed by atoms with Gasteiger partial charge in [0.25, 0.3) is 5.91 Å². The van der Waals surface area contributed by atoms with Crippen molar-refractivity contribution in [1.29, 1.82) is 0 Å². The molecule has 1 aromatic heterocycles. The first-order chi connectivity index (χ1) is 9.60. The van der Waals surface area contributed by atoms with Crippen molar-refractivity contribution in [2.75, 3.05) is 13.6 Å². The standard InChI is InChI=1S/C15H17FN2OS/c1-18(12(8-17)9-2-3-9)15(19)14-6-10-4-5-11(16)7-13(10)20-14/h4-7,9,12H,2-3,8,17H2,1H3. The minimum atomic E-state index is -0.274. The number of hydrogen-bond donors (Lipinski definition) is 1. The molecule has 0 aliphatic heterocycles. The summed E-state index contributed by atoms with van der Waals surface area (Å²) in [4.78, 5) is 14.9. The van der Waals surface area contributed by atoms with Crippen LogP contribution in [0.25, 0.3) is 10.1 Å². The lowest BCUT2D eigenvalue weighted by Gasteiger charge is -2.26. The molecule has 20 heavy (non-hydrogen) atoms. The predicted octanol–water partition coefficient (Wildman–Crippen LogP) is 2.85. The molecule has 106 valence electrons. The number of benzene rings is 1. The second-order valence-corrected chi connectivity index (χ2v) is 6.43. The molecule has 1 aliphatic carbocycles. The van der Waals surface area contributed by atoms with Crippen LogP contribution in [-0.2, 0) is 0 Å². The van der Waals surface area contributed by atoms with Crippen molar-refractivity contribution in [3.8, 4) is 0 Å². The fraction of sp³-hybridized carbons (Fsp3) is 0.400. The van der Waals surface area contributed by atoms with Crippen molar-refractivity contribution < 1.29 is 9.18 Å².